The fourth-order valence-electron chi connectivity index (χ4n) is 2.78. The van der Waals surface area contributed by atoms with Crippen molar-refractivity contribution in [2.24, 2.45) is 5.92 Å². The maximum Gasteiger partial charge on any atom is 0.258 e. The molecule has 0 amide bonds. The molecule has 2 saturated carbocycles. The number of benzene rings is 1. The summed E-state index contributed by atoms with van der Waals surface area (Å²) in [6.07, 6.45) is 6.59. The molecule has 0 bridgehead atoms. The van der Waals surface area contributed by atoms with Crippen LogP contribution in [0.1, 0.15) is 25.7 Å². The highest BCUT2D eigenvalue weighted by molar-refractivity contribution is 5.88. The largest absolute Gasteiger partial charge is 0.397 e. The molecule has 2 aliphatic rings. The molecule has 5 heteroatoms. The molecule has 0 atom stereocenters. The monoisotopic (exact) mass is 270 g/mol. The Morgan fingerprint density at radius 2 is 2.10 bits per heavy atom. The lowest BCUT2D eigenvalue weighted by atomic mass is 10.1. The SMILES string of the molecule is Nc1cc2c(=O)[nH]cnc2cc1N(CC1CC1)C1CC1. The van der Waals surface area contributed by atoms with E-state index in [1.165, 1.54) is 32.0 Å². The molecule has 4 rings (SSSR count). The van der Waals surface area contributed by atoms with Gasteiger partial charge >= 0.3 is 0 Å². The zero-order chi connectivity index (χ0) is 13.7. The molecule has 0 saturated heterocycles. The van der Waals surface area contributed by atoms with Crippen molar-refractivity contribution >= 4 is 22.3 Å². The summed E-state index contributed by atoms with van der Waals surface area (Å²) >= 11 is 0. The second-order valence-corrected chi connectivity index (χ2v) is 5.99. The number of nitrogens with zero attached hydrogens (tertiary/aromatic N) is 2. The predicted octanol–water partition coefficient (Wildman–Crippen LogP) is 1.88. The molecule has 2 fully saturated rings. The standard InChI is InChI=1S/C15H18N4O/c16-12-5-11-13(17-8-18-15(11)20)6-14(12)19(10-3-4-10)7-9-1-2-9/h5-6,8-10H,1-4,7,16H2,(H,17,18,20). The third-order valence-electron chi connectivity index (χ3n) is 4.24. The van der Waals surface area contributed by atoms with Crippen LogP contribution >= 0.6 is 0 Å². The van der Waals surface area contributed by atoms with Crippen molar-refractivity contribution < 1.29 is 0 Å². The van der Waals surface area contributed by atoms with Gasteiger partial charge in [-0.3, -0.25) is 4.79 Å². The van der Waals surface area contributed by atoms with Crippen molar-refractivity contribution in [2.45, 2.75) is 31.7 Å². The lowest BCUT2D eigenvalue weighted by molar-refractivity contribution is 0.720. The molecular formula is C15H18N4O. The van der Waals surface area contributed by atoms with Crippen LogP contribution in [0, 0.1) is 5.92 Å². The number of aromatic amines is 1. The molecule has 5 nitrogen and oxygen atoms in total. The van der Waals surface area contributed by atoms with Crippen LogP contribution in [0.15, 0.2) is 23.3 Å². The van der Waals surface area contributed by atoms with Gasteiger partial charge in [0.25, 0.3) is 5.56 Å². The van der Waals surface area contributed by atoms with Crippen LogP contribution in [0.25, 0.3) is 10.9 Å². The molecule has 0 radical (unpaired) electrons. The van der Waals surface area contributed by atoms with Crippen LogP contribution < -0.4 is 16.2 Å². The van der Waals surface area contributed by atoms with E-state index in [1.54, 1.807) is 6.07 Å². The highest BCUT2D eigenvalue weighted by atomic mass is 16.1. The summed E-state index contributed by atoms with van der Waals surface area (Å²) in [4.78, 5) is 21.1. The summed E-state index contributed by atoms with van der Waals surface area (Å²) in [7, 11) is 0. The average molecular weight is 270 g/mol. The van der Waals surface area contributed by atoms with E-state index in [0.717, 1.165) is 23.7 Å². The van der Waals surface area contributed by atoms with Crippen LogP contribution in [0.3, 0.4) is 0 Å². The number of hydrogen-bond acceptors (Lipinski definition) is 4. The Balaban J connectivity index is 1.80. The normalized spacial score (nSPS) is 18.4. The Kier molecular flexibility index (Phi) is 2.49. The number of aromatic nitrogens is 2. The summed E-state index contributed by atoms with van der Waals surface area (Å²) in [5.74, 6) is 0.817. The van der Waals surface area contributed by atoms with Gasteiger partial charge in [0, 0.05) is 12.6 Å². The van der Waals surface area contributed by atoms with Gasteiger partial charge in [-0.25, -0.2) is 4.98 Å². The molecule has 1 aromatic heterocycles. The first-order valence-electron chi connectivity index (χ1n) is 7.26. The van der Waals surface area contributed by atoms with E-state index in [4.69, 9.17) is 5.73 Å². The number of nitrogen functional groups attached to an aromatic ring is 1. The highest BCUT2D eigenvalue weighted by Gasteiger charge is 2.34. The van der Waals surface area contributed by atoms with Crippen molar-refractivity contribution in [1.29, 1.82) is 0 Å². The van der Waals surface area contributed by atoms with Crippen molar-refractivity contribution in [3.63, 3.8) is 0 Å². The van der Waals surface area contributed by atoms with Crippen LogP contribution in [0.4, 0.5) is 11.4 Å². The second-order valence-electron chi connectivity index (χ2n) is 5.99. The lowest BCUT2D eigenvalue weighted by Crippen LogP contribution is -2.29. The van der Waals surface area contributed by atoms with Gasteiger partial charge in [-0.05, 0) is 43.7 Å². The Morgan fingerprint density at radius 3 is 2.80 bits per heavy atom. The molecule has 2 aromatic rings. The van der Waals surface area contributed by atoms with Gasteiger partial charge in [-0.15, -0.1) is 0 Å². The van der Waals surface area contributed by atoms with Crippen LogP contribution in [-0.4, -0.2) is 22.6 Å². The summed E-state index contributed by atoms with van der Waals surface area (Å²) in [5, 5.41) is 0.566. The van der Waals surface area contributed by atoms with Crippen LogP contribution in [0.2, 0.25) is 0 Å². The molecule has 20 heavy (non-hydrogen) atoms. The summed E-state index contributed by atoms with van der Waals surface area (Å²) in [5.41, 5.74) is 8.52. The number of nitrogens with two attached hydrogens (primary N) is 1. The minimum absolute atomic E-state index is 0.131. The van der Waals surface area contributed by atoms with Gasteiger partial charge in [-0.2, -0.15) is 0 Å². The Labute approximate surface area is 116 Å². The van der Waals surface area contributed by atoms with Gasteiger partial charge in [0.1, 0.15) is 0 Å². The minimum atomic E-state index is -0.131. The molecule has 3 N–H and O–H groups in total. The van der Waals surface area contributed by atoms with Crippen molar-refractivity contribution in [2.75, 3.05) is 17.2 Å². The molecule has 104 valence electrons. The number of fused-ring (bicyclic) bond motifs is 1. The highest BCUT2D eigenvalue weighted by Crippen LogP contribution is 2.40. The Morgan fingerprint density at radius 1 is 1.30 bits per heavy atom. The van der Waals surface area contributed by atoms with Gasteiger partial charge in [0.2, 0.25) is 0 Å². The number of hydrogen-bond donors (Lipinski definition) is 2. The van der Waals surface area contributed by atoms with Gasteiger partial charge in [0.05, 0.1) is 28.6 Å². The third kappa shape index (κ3) is 2.03. The first-order chi connectivity index (χ1) is 9.72. The fourth-order valence-corrected chi connectivity index (χ4v) is 2.78. The molecule has 2 aliphatic carbocycles. The number of nitrogens with one attached hydrogen (secondary N) is 1. The van der Waals surface area contributed by atoms with Gasteiger partial charge in [0.15, 0.2) is 0 Å². The smallest absolute Gasteiger partial charge is 0.258 e. The molecule has 1 aromatic carbocycles. The quantitative estimate of drug-likeness (QED) is 0.832. The van der Waals surface area contributed by atoms with Crippen molar-refractivity contribution in [3.05, 3.63) is 28.8 Å². The lowest BCUT2D eigenvalue weighted by Gasteiger charge is -2.26. The number of H-pyrrole nitrogens is 1. The zero-order valence-corrected chi connectivity index (χ0v) is 11.3. The molecular weight excluding hydrogens is 252 g/mol. The molecule has 0 spiro atoms. The minimum Gasteiger partial charge on any atom is -0.397 e. The average Bonchev–Trinajstić information content (AvgIpc) is 3.30. The number of anilines is 2. The number of rotatable bonds is 4. The predicted molar refractivity (Wildman–Crippen MR) is 79.9 cm³/mol. The Bertz CT molecular complexity index is 715. The topological polar surface area (TPSA) is 75.0 Å². The van der Waals surface area contributed by atoms with E-state index in [-0.39, 0.29) is 5.56 Å². The van der Waals surface area contributed by atoms with E-state index in [9.17, 15) is 4.79 Å². The fraction of sp³-hybridized carbons (Fsp3) is 0.467. The molecule has 0 unspecified atom stereocenters. The summed E-state index contributed by atoms with van der Waals surface area (Å²) in [6.45, 7) is 1.09. The Hall–Kier alpha value is -2.04. The first-order valence-corrected chi connectivity index (χ1v) is 7.26. The third-order valence-corrected chi connectivity index (χ3v) is 4.24. The van der Waals surface area contributed by atoms with E-state index >= 15 is 0 Å². The molecule has 0 aliphatic heterocycles. The van der Waals surface area contributed by atoms with E-state index < -0.39 is 0 Å². The second kappa shape index (κ2) is 4.23. The van der Waals surface area contributed by atoms with Gasteiger partial charge < -0.3 is 15.6 Å². The zero-order valence-electron chi connectivity index (χ0n) is 11.3. The van der Waals surface area contributed by atoms with E-state index in [2.05, 4.69) is 14.9 Å². The summed E-state index contributed by atoms with van der Waals surface area (Å²) < 4.78 is 0. The van der Waals surface area contributed by atoms with E-state index in [0.29, 0.717) is 17.1 Å². The maximum atomic E-state index is 11.8. The first kappa shape index (κ1) is 11.8. The van der Waals surface area contributed by atoms with Crippen molar-refractivity contribution in [3.8, 4) is 0 Å². The maximum absolute atomic E-state index is 11.8. The van der Waals surface area contributed by atoms with Crippen LogP contribution in [-0.2, 0) is 0 Å². The van der Waals surface area contributed by atoms with E-state index in [1.807, 2.05) is 6.07 Å². The van der Waals surface area contributed by atoms with Gasteiger partial charge in [-0.1, -0.05) is 0 Å². The molecule has 1 heterocycles. The van der Waals surface area contributed by atoms with Crippen LogP contribution in [0.5, 0.6) is 0 Å². The summed E-state index contributed by atoms with van der Waals surface area (Å²) in [6, 6.07) is 4.36. The van der Waals surface area contributed by atoms with Crippen molar-refractivity contribution in [1.82, 2.24) is 9.97 Å².